The molecule has 6 heteroatoms. The fourth-order valence-electron chi connectivity index (χ4n) is 2.31. The second kappa shape index (κ2) is 5.86. The largest absolute Gasteiger partial charge is 0.380 e. The van der Waals surface area contributed by atoms with Gasteiger partial charge in [0.15, 0.2) is 4.77 Å². The van der Waals surface area contributed by atoms with E-state index in [9.17, 15) is 4.39 Å². The van der Waals surface area contributed by atoms with Crippen molar-refractivity contribution in [2.75, 3.05) is 7.11 Å². The summed E-state index contributed by atoms with van der Waals surface area (Å²) in [6.07, 6.45) is 0. The molecule has 2 aromatic carbocycles. The van der Waals surface area contributed by atoms with Crippen molar-refractivity contribution in [3.8, 4) is 5.69 Å². The van der Waals surface area contributed by atoms with Crippen LogP contribution in [0.15, 0.2) is 36.4 Å². The van der Waals surface area contributed by atoms with E-state index in [2.05, 4.69) is 4.98 Å². The molecule has 0 bridgehead atoms. The molecule has 1 N–H and O–H groups in total. The third-order valence-electron chi connectivity index (χ3n) is 3.20. The van der Waals surface area contributed by atoms with Crippen molar-refractivity contribution in [3.63, 3.8) is 0 Å². The molecule has 0 aliphatic heterocycles. The summed E-state index contributed by atoms with van der Waals surface area (Å²) < 4.78 is 22.0. The Morgan fingerprint density at radius 3 is 2.90 bits per heavy atom. The quantitative estimate of drug-likeness (QED) is 0.503. The van der Waals surface area contributed by atoms with Crippen LogP contribution in [0, 0.1) is 14.2 Å². The van der Waals surface area contributed by atoms with Crippen molar-refractivity contribution < 1.29 is 9.13 Å². The molecule has 0 atom stereocenters. The summed E-state index contributed by atoms with van der Waals surface area (Å²) in [6, 6.07) is 11.1. The molecular formula is C15H12FIN2OS. The number of hydrogen-bond donors (Lipinski definition) is 1. The number of rotatable bonds is 3. The van der Waals surface area contributed by atoms with Gasteiger partial charge in [-0.05, 0) is 58.6 Å². The Labute approximate surface area is 139 Å². The number of nitrogens with zero attached hydrogens (tertiary/aromatic N) is 1. The first-order valence-electron chi connectivity index (χ1n) is 6.28. The van der Waals surface area contributed by atoms with Gasteiger partial charge in [-0.1, -0.05) is 12.1 Å². The van der Waals surface area contributed by atoms with Crippen molar-refractivity contribution >= 4 is 45.8 Å². The summed E-state index contributed by atoms with van der Waals surface area (Å²) in [4.78, 5) is 3.12. The van der Waals surface area contributed by atoms with Gasteiger partial charge >= 0.3 is 0 Å². The molecule has 0 saturated heterocycles. The van der Waals surface area contributed by atoms with Gasteiger partial charge in [0.25, 0.3) is 0 Å². The molecule has 3 aromatic rings. The average Bonchev–Trinajstić information content (AvgIpc) is 2.75. The monoisotopic (exact) mass is 414 g/mol. The number of aromatic nitrogens is 2. The number of halogens is 2. The molecule has 0 radical (unpaired) electrons. The first-order valence-corrected chi connectivity index (χ1v) is 7.77. The first kappa shape index (κ1) is 14.7. The maximum atomic E-state index is 13.9. The highest BCUT2D eigenvalue weighted by molar-refractivity contribution is 14.1. The average molecular weight is 414 g/mol. The highest BCUT2D eigenvalue weighted by Crippen LogP contribution is 2.24. The van der Waals surface area contributed by atoms with Crippen LogP contribution in [0.1, 0.15) is 5.56 Å². The van der Waals surface area contributed by atoms with E-state index in [4.69, 9.17) is 17.0 Å². The lowest BCUT2D eigenvalue weighted by Crippen LogP contribution is -1.97. The van der Waals surface area contributed by atoms with Crippen LogP contribution in [-0.2, 0) is 11.3 Å². The number of imidazole rings is 1. The number of methoxy groups -OCH3 is 1. The van der Waals surface area contributed by atoms with Crippen molar-refractivity contribution in [1.82, 2.24) is 9.55 Å². The van der Waals surface area contributed by atoms with Gasteiger partial charge in [-0.3, -0.25) is 4.57 Å². The van der Waals surface area contributed by atoms with Crippen LogP contribution in [0.2, 0.25) is 0 Å². The summed E-state index contributed by atoms with van der Waals surface area (Å²) in [5.74, 6) is -0.251. The number of nitrogens with one attached hydrogen (secondary N) is 1. The molecule has 1 heterocycles. The van der Waals surface area contributed by atoms with Gasteiger partial charge in [0.2, 0.25) is 0 Å². The molecule has 0 amide bonds. The summed E-state index contributed by atoms with van der Waals surface area (Å²) in [6.45, 7) is 0.524. The van der Waals surface area contributed by atoms with E-state index in [1.807, 2.05) is 51.4 Å². The minimum Gasteiger partial charge on any atom is -0.380 e. The normalized spacial score (nSPS) is 11.2. The summed E-state index contributed by atoms with van der Waals surface area (Å²) in [5, 5.41) is 0. The van der Waals surface area contributed by atoms with Gasteiger partial charge in [0, 0.05) is 18.9 Å². The van der Waals surface area contributed by atoms with Gasteiger partial charge in [-0.25, -0.2) is 4.39 Å². The van der Waals surface area contributed by atoms with E-state index in [1.54, 1.807) is 13.2 Å². The molecule has 0 aliphatic rings. The van der Waals surface area contributed by atoms with E-state index in [0.717, 1.165) is 22.3 Å². The van der Waals surface area contributed by atoms with Gasteiger partial charge in [0.1, 0.15) is 5.82 Å². The molecule has 3 rings (SSSR count). The van der Waals surface area contributed by atoms with Crippen LogP contribution in [0.4, 0.5) is 4.39 Å². The molecule has 3 nitrogen and oxygen atoms in total. The second-order valence-electron chi connectivity index (χ2n) is 4.65. The molecule has 0 spiro atoms. The van der Waals surface area contributed by atoms with E-state index < -0.39 is 0 Å². The number of aromatic amines is 1. The summed E-state index contributed by atoms with van der Waals surface area (Å²) >= 11 is 7.35. The highest BCUT2D eigenvalue weighted by atomic mass is 127. The maximum absolute atomic E-state index is 13.9. The third-order valence-corrected chi connectivity index (χ3v) is 4.32. The van der Waals surface area contributed by atoms with Crippen LogP contribution in [-0.4, -0.2) is 16.7 Å². The van der Waals surface area contributed by atoms with Crippen LogP contribution >= 0.6 is 34.8 Å². The second-order valence-corrected chi connectivity index (χ2v) is 6.20. The predicted molar refractivity (Wildman–Crippen MR) is 91.8 cm³/mol. The zero-order valence-corrected chi connectivity index (χ0v) is 14.2. The van der Waals surface area contributed by atoms with Crippen LogP contribution < -0.4 is 0 Å². The van der Waals surface area contributed by atoms with E-state index in [0.29, 0.717) is 14.9 Å². The minimum atomic E-state index is -0.251. The van der Waals surface area contributed by atoms with Crippen molar-refractivity contribution in [3.05, 3.63) is 56.1 Å². The highest BCUT2D eigenvalue weighted by Gasteiger charge is 2.10. The Balaban J connectivity index is 2.24. The molecule has 21 heavy (non-hydrogen) atoms. The Morgan fingerprint density at radius 1 is 1.33 bits per heavy atom. The zero-order chi connectivity index (χ0) is 15.0. The molecule has 1 aromatic heterocycles. The van der Waals surface area contributed by atoms with E-state index in [1.165, 1.54) is 6.07 Å². The summed E-state index contributed by atoms with van der Waals surface area (Å²) in [5.41, 5.74) is 3.48. The molecule has 0 saturated carbocycles. The lowest BCUT2D eigenvalue weighted by molar-refractivity contribution is 0.185. The smallest absolute Gasteiger partial charge is 0.182 e. The van der Waals surface area contributed by atoms with Crippen molar-refractivity contribution in [2.24, 2.45) is 0 Å². The maximum Gasteiger partial charge on any atom is 0.182 e. The van der Waals surface area contributed by atoms with E-state index in [-0.39, 0.29) is 5.82 Å². The van der Waals surface area contributed by atoms with Gasteiger partial charge in [-0.15, -0.1) is 0 Å². The Bertz CT molecular complexity index is 872. The fourth-order valence-corrected chi connectivity index (χ4v) is 3.09. The van der Waals surface area contributed by atoms with Crippen molar-refractivity contribution in [1.29, 1.82) is 0 Å². The number of ether oxygens (including phenoxy) is 1. The number of hydrogen-bond acceptors (Lipinski definition) is 2. The van der Waals surface area contributed by atoms with Crippen LogP contribution in [0.5, 0.6) is 0 Å². The molecular weight excluding hydrogens is 402 g/mol. The topological polar surface area (TPSA) is 29.9 Å². The summed E-state index contributed by atoms with van der Waals surface area (Å²) in [7, 11) is 1.65. The standard InChI is InChI=1S/C15H12FIN2OS/c1-20-8-9-3-2-4-10(5-9)19-14-6-11(16)12(17)7-13(14)18-15(19)21/h2-7H,8H2,1H3,(H,18,21). The number of fused-ring (bicyclic) bond motifs is 1. The number of benzene rings is 2. The predicted octanol–water partition coefficient (Wildman–Crippen LogP) is 4.58. The first-order chi connectivity index (χ1) is 10.1. The van der Waals surface area contributed by atoms with E-state index >= 15 is 0 Å². The number of H-pyrrole nitrogens is 1. The molecule has 0 unspecified atom stereocenters. The molecule has 0 fully saturated rings. The SMILES string of the molecule is COCc1cccc(-n2c(=S)[nH]c3cc(I)c(F)cc32)c1. The molecule has 108 valence electrons. The minimum absolute atomic E-state index is 0.251. The van der Waals surface area contributed by atoms with Gasteiger partial charge in [-0.2, -0.15) is 0 Å². The van der Waals surface area contributed by atoms with Gasteiger partial charge in [0.05, 0.1) is 21.2 Å². The Morgan fingerprint density at radius 2 is 2.14 bits per heavy atom. The van der Waals surface area contributed by atoms with Crippen LogP contribution in [0.25, 0.3) is 16.7 Å². The zero-order valence-electron chi connectivity index (χ0n) is 11.2. The van der Waals surface area contributed by atoms with Crippen LogP contribution in [0.3, 0.4) is 0 Å². The lowest BCUT2D eigenvalue weighted by atomic mass is 10.2. The van der Waals surface area contributed by atoms with Crippen molar-refractivity contribution in [2.45, 2.75) is 6.61 Å². The molecule has 0 aliphatic carbocycles. The Hall–Kier alpha value is -1.25. The Kier molecular flexibility index (Phi) is 4.10. The fraction of sp³-hybridized carbons (Fsp3) is 0.133. The lowest BCUT2D eigenvalue weighted by Gasteiger charge is -2.07. The third kappa shape index (κ3) is 2.75. The van der Waals surface area contributed by atoms with Gasteiger partial charge < -0.3 is 9.72 Å².